The van der Waals surface area contributed by atoms with Gasteiger partial charge in [-0.15, -0.1) is 0 Å². The standard InChI is InChI=1S/C30H30N4O4/c1-20-5-12-25(13-6-20)32-29(35)19-38-27-16-9-23(17-28(27)37-4)18-31-33-30(36)24-10-14-26(15-11-24)34-21(2)7-8-22(34)3/h5-18H,19H2,1-4H3,(H,32,35)(H,33,36)/b31-18+. The van der Waals surface area contributed by atoms with Crippen LogP contribution in [0.4, 0.5) is 5.69 Å². The van der Waals surface area contributed by atoms with Crippen LogP contribution in [0.25, 0.3) is 5.69 Å². The van der Waals surface area contributed by atoms with Crippen LogP contribution in [0.1, 0.15) is 32.9 Å². The maximum absolute atomic E-state index is 12.5. The van der Waals surface area contributed by atoms with Crippen molar-refractivity contribution in [3.05, 3.63) is 107 Å². The molecule has 4 aromatic rings. The number of benzene rings is 3. The highest BCUT2D eigenvalue weighted by Gasteiger charge is 2.10. The highest BCUT2D eigenvalue weighted by Crippen LogP contribution is 2.27. The Morgan fingerprint density at radius 2 is 1.55 bits per heavy atom. The quantitative estimate of drug-likeness (QED) is 0.239. The molecule has 0 fully saturated rings. The van der Waals surface area contributed by atoms with E-state index in [0.717, 1.165) is 22.6 Å². The number of amides is 2. The maximum Gasteiger partial charge on any atom is 0.271 e. The van der Waals surface area contributed by atoms with Gasteiger partial charge in [-0.25, -0.2) is 5.43 Å². The lowest BCUT2D eigenvalue weighted by Crippen LogP contribution is -2.20. The van der Waals surface area contributed by atoms with Crippen LogP contribution in [0.15, 0.2) is 84.0 Å². The second-order valence-corrected chi connectivity index (χ2v) is 8.81. The first-order valence-electron chi connectivity index (χ1n) is 12.1. The van der Waals surface area contributed by atoms with E-state index < -0.39 is 0 Å². The average molecular weight is 511 g/mol. The van der Waals surface area contributed by atoms with Crippen molar-refractivity contribution < 1.29 is 19.1 Å². The molecule has 0 aliphatic carbocycles. The number of nitrogens with zero attached hydrogens (tertiary/aromatic N) is 2. The summed E-state index contributed by atoms with van der Waals surface area (Å²) in [6.07, 6.45) is 1.51. The molecule has 1 heterocycles. The summed E-state index contributed by atoms with van der Waals surface area (Å²) in [4.78, 5) is 24.8. The molecular formula is C30H30N4O4. The van der Waals surface area contributed by atoms with E-state index in [2.05, 4.69) is 32.5 Å². The normalized spacial score (nSPS) is 10.8. The second-order valence-electron chi connectivity index (χ2n) is 8.81. The molecule has 8 heteroatoms. The van der Waals surface area contributed by atoms with Crippen LogP contribution in [-0.4, -0.2) is 36.3 Å². The van der Waals surface area contributed by atoms with Crippen LogP contribution in [0.5, 0.6) is 11.5 Å². The third-order valence-corrected chi connectivity index (χ3v) is 5.92. The molecule has 0 atom stereocenters. The van der Waals surface area contributed by atoms with Gasteiger partial charge in [0.05, 0.1) is 13.3 Å². The van der Waals surface area contributed by atoms with Crippen molar-refractivity contribution in [2.45, 2.75) is 20.8 Å². The van der Waals surface area contributed by atoms with Crippen molar-refractivity contribution in [2.75, 3.05) is 19.0 Å². The summed E-state index contributed by atoms with van der Waals surface area (Å²) in [6.45, 7) is 5.89. The van der Waals surface area contributed by atoms with Gasteiger partial charge in [-0.05, 0) is 93.1 Å². The van der Waals surface area contributed by atoms with Crippen molar-refractivity contribution in [2.24, 2.45) is 5.10 Å². The molecule has 8 nitrogen and oxygen atoms in total. The van der Waals surface area contributed by atoms with Crippen molar-refractivity contribution in [1.82, 2.24) is 9.99 Å². The van der Waals surface area contributed by atoms with E-state index in [4.69, 9.17) is 9.47 Å². The topological polar surface area (TPSA) is 93.9 Å². The molecule has 1 aromatic heterocycles. The highest BCUT2D eigenvalue weighted by molar-refractivity contribution is 5.95. The number of carbonyl (C=O) groups excluding carboxylic acids is 2. The molecular weight excluding hydrogens is 480 g/mol. The molecule has 2 amide bonds. The van der Waals surface area contributed by atoms with E-state index in [1.807, 2.05) is 57.2 Å². The summed E-state index contributed by atoms with van der Waals surface area (Å²) in [5.41, 5.74) is 8.79. The molecule has 2 N–H and O–H groups in total. The minimum Gasteiger partial charge on any atom is -0.493 e. The number of hydrogen-bond acceptors (Lipinski definition) is 5. The van der Waals surface area contributed by atoms with Gasteiger partial charge in [0, 0.05) is 28.3 Å². The van der Waals surface area contributed by atoms with Crippen LogP contribution < -0.4 is 20.2 Å². The molecule has 3 aromatic carbocycles. The molecule has 38 heavy (non-hydrogen) atoms. The number of carbonyl (C=O) groups is 2. The third kappa shape index (κ3) is 6.47. The number of anilines is 1. The lowest BCUT2D eigenvalue weighted by Gasteiger charge is -2.11. The Hall–Kier alpha value is -4.85. The van der Waals surface area contributed by atoms with Gasteiger partial charge in [0.1, 0.15) is 0 Å². The molecule has 0 aliphatic rings. The van der Waals surface area contributed by atoms with Gasteiger partial charge in [-0.3, -0.25) is 9.59 Å². The summed E-state index contributed by atoms with van der Waals surface area (Å²) in [5, 5.41) is 6.85. The largest absolute Gasteiger partial charge is 0.493 e. The summed E-state index contributed by atoms with van der Waals surface area (Å²) >= 11 is 0. The molecule has 0 bridgehead atoms. The van der Waals surface area contributed by atoms with Gasteiger partial charge in [0.2, 0.25) is 0 Å². The highest BCUT2D eigenvalue weighted by atomic mass is 16.5. The van der Waals surface area contributed by atoms with Crippen molar-refractivity contribution in [3.63, 3.8) is 0 Å². The summed E-state index contributed by atoms with van der Waals surface area (Å²) in [5.74, 6) is 0.256. The summed E-state index contributed by atoms with van der Waals surface area (Å²) < 4.78 is 13.2. The lowest BCUT2D eigenvalue weighted by molar-refractivity contribution is -0.118. The number of aromatic nitrogens is 1. The number of rotatable bonds is 9. The fourth-order valence-electron chi connectivity index (χ4n) is 3.93. The zero-order valence-electron chi connectivity index (χ0n) is 21.8. The monoisotopic (exact) mass is 510 g/mol. The Morgan fingerprint density at radius 3 is 2.21 bits per heavy atom. The Bertz CT molecular complexity index is 1440. The number of hydrogen-bond donors (Lipinski definition) is 2. The number of methoxy groups -OCH3 is 1. The van der Waals surface area contributed by atoms with Crippen LogP contribution in [-0.2, 0) is 4.79 Å². The first-order valence-corrected chi connectivity index (χ1v) is 12.1. The molecule has 194 valence electrons. The van der Waals surface area contributed by atoms with Crippen LogP contribution in [0.2, 0.25) is 0 Å². The number of aryl methyl sites for hydroxylation is 3. The zero-order valence-corrected chi connectivity index (χ0v) is 21.8. The fourth-order valence-corrected chi connectivity index (χ4v) is 3.93. The van der Waals surface area contributed by atoms with E-state index in [1.54, 1.807) is 30.3 Å². The van der Waals surface area contributed by atoms with Crippen LogP contribution >= 0.6 is 0 Å². The van der Waals surface area contributed by atoms with Crippen LogP contribution in [0.3, 0.4) is 0 Å². The van der Waals surface area contributed by atoms with Gasteiger partial charge in [-0.2, -0.15) is 5.10 Å². The van der Waals surface area contributed by atoms with Gasteiger partial charge in [0.15, 0.2) is 18.1 Å². The molecule has 0 unspecified atom stereocenters. The van der Waals surface area contributed by atoms with E-state index in [-0.39, 0.29) is 18.4 Å². The fraction of sp³-hybridized carbons (Fsp3) is 0.167. The number of nitrogens with one attached hydrogen (secondary N) is 2. The third-order valence-electron chi connectivity index (χ3n) is 5.92. The van der Waals surface area contributed by atoms with E-state index in [1.165, 1.54) is 13.3 Å². The Kier molecular flexibility index (Phi) is 8.23. The average Bonchev–Trinajstić information content (AvgIpc) is 3.26. The Morgan fingerprint density at radius 1 is 0.868 bits per heavy atom. The van der Waals surface area contributed by atoms with Gasteiger partial charge in [0.25, 0.3) is 11.8 Å². The smallest absolute Gasteiger partial charge is 0.271 e. The van der Waals surface area contributed by atoms with Gasteiger partial charge >= 0.3 is 0 Å². The van der Waals surface area contributed by atoms with E-state index in [0.29, 0.717) is 28.3 Å². The molecule has 0 aliphatic heterocycles. The number of hydrazone groups is 1. The van der Waals surface area contributed by atoms with Crippen LogP contribution in [0, 0.1) is 20.8 Å². The first kappa shape index (κ1) is 26.2. The minimum atomic E-state index is -0.319. The minimum absolute atomic E-state index is 0.171. The Labute approximate surface area is 221 Å². The van der Waals surface area contributed by atoms with E-state index in [9.17, 15) is 9.59 Å². The molecule has 0 radical (unpaired) electrons. The zero-order chi connectivity index (χ0) is 27.1. The molecule has 0 spiro atoms. The Balaban J connectivity index is 1.32. The maximum atomic E-state index is 12.5. The summed E-state index contributed by atoms with van der Waals surface area (Å²) in [6, 6.07) is 24.1. The van der Waals surface area contributed by atoms with Gasteiger partial charge in [-0.1, -0.05) is 17.7 Å². The molecule has 4 rings (SSSR count). The van der Waals surface area contributed by atoms with E-state index >= 15 is 0 Å². The van der Waals surface area contributed by atoms with Crippen molar-refractivity contribution in [1.29, 1.82) is 0 Å². The predicted molar refractivity (Wildman–Crippen MR) is 149 cm³/mol. The SMILES string of the molecule is COc1cc(/C=N/NC(=O)c2ccc(-n3c(C)ccc3C)cc2)ccc1OCC(=O)Nc1ccc(C)cc1. The molecule has 0 saturated heterocycles. The van der Waals surface area contributed by atoms with Gasteiger partial charge < -0.3 is 19.4 Å². The lowest BCUT2D eigenvalue weighted by atomic mass is 10.2. The molecule has 0 saturated carbocycles. The van der Waals surface area contributed by atoms with Crippen molar-refractivity contribution in [3.8, 4) is 17.2 Å². The second kappa shape index (κ2) is 11.9. The van der Waals surface area contributed by atoms with Crippen molar-refractivity contribution >= 4 is 23.7 Å². The predicted octanol–water partition coefficient (Wildman–Crippen LogP) is 5.19. The summed E-state index contributed by atoms with van der Waals surface area (Å²) in [7, 11) is 1.51. The first-order chi connectivity index (χ1) is 18.3. The number of ether oxygens (including phenoxy) is 2.